The lowest BCUT2D eigenvalue weighted by atomic mass is 10.1. The summed E-state index contributed by atoms with van der Waals surface area (Å²) in [5.74, 6) is 0.750. The number of nitrogens with zero attached hydrogens (tertiary/aromatic N) is 3. The topological polar surface area (TPSA) is 69.8 Å². The molecule has 6 heteroatoms. The predicted molar refractivity (Wildman–Crippen MR) is 90.5 cm³/mol. The summed E-state index contributed by atoms with van der Waals surface area (Å²) in [5, 5.41) is 9.26. The number of carboxylic acids is 1. The van der Waals surface area contributed by atoms with Crippen molar-refractivity contribution in [2.75, 3.05) is 26.2 Å². The Morgan fingerprint density at radius 3 is 2.58 bits per heavy atom. The van der Waals surface area contributed by atoms with Crippen LogP contribution in [0.15, 0.2) is 40.9 Å². The van der Waals surface area contributed by atoms with Crippen LogP contribution in [0.1, 0.15) is 19.2 Å². The van der Waals surface area contributed by atoms with Crippen molar-refractivity contribution >= 4 is 5.97 Å². The highest BCUT2D eigenvalue weighted by atomic mass is 16.4. The minimum Gasteiger partial charge on any atom is -0.480 e. The zero-order valence-corrected chi connectivity index (χ0v) is 13.9. The third-order valence-corrected chi connectivity index (χ3v) is 4.49. The summed E-state index contributed by atoms with van der Waals surface area (Å²) in [6, 6.07) is 9.55. The van der Waals surface area contributed by atoms with E-state index in [1.807, 2.05) is 42.2 Å². The lowest BCUT2D eigenvalue weighted by molar-refractivity contribution is -0.144. The Balaban J connectivity index is 1.55. The maximum atomic E-state index is 11.3. The highest BCUT2D eigenvalue weighted by Gasteiger charge is 2.27. The number of rotatable bonds is 6. The predicted octanol–water partition coefficient (Wildman–Crippen LogP) is 2.32. The summed E-state index contributed by atoms with van der Waals surface area (Å²) in [7, 11) is 0. The van der Waals surface area contributed by atoms with Crippen molar-refractivity contribution in [3.05, 3.63) is 42.4 Å². The van der Waals surface area contributed by atoms with Gasteiger partial charge in [0.1, 0.15) is 6.04 Å². The molecule has 0 bridgehead atoms. The Hall–Kier alpha value is -2.18. The number of carbonyl (C=O) groups is 1. The van der Waals surface area contributed by atoms with Gasteiger partial charge in [-0.1, -0.05) is 37.3 Å². The fourth-order valence-corrected chi connectivity index (χ4v) is 3.13. The first-order valence-corrected chi connectivity index (χ1v) is 8.36. The number of aromatic nitrogens is 1. The molecular formula is C18H23N3O3. The molecule has 1 fully saturated rings. The van der Waals surface area contributed by atoms with Crippen molar-refractivity contribution in [2.24, 2.45) is 0 Å². The van der Waals surface area contributed by atoms with E-state index in [4.69, 9.17) is 4.42 Å². The Kier molecular flexibility index (Phi) is 5.27. The van der Waals surface area contributed by atoms with Crippen LogP contribution < -0.4 is 0 Å². The quantitative estimate of drug-likeness (QED) is 0.877. The Morgan fingerprint density at radius 1 is 1.25 bits per heavy atom. The largest absolute Gasteiger partial charge is 0.480 e. The first-order chi connectivity index (χ1) is 11.7. The molecular weight excluding hydrogens is 306 g/mol. The van der Waals surface area contributed by atoms with Gasteiger partial charge in [-0.05, 0) is 6.42 Å². The van der Waals surface area contributed by atoms with Crippen molar-refractivity contribution in [2.45, 2.75) is 25.9 Å². The summed E-state index contributed by atoms with van der Waals surface area (Å²) in [4.78, 5) is 19.9. The number of benzene rings is 1. The second-order valence-corrected chi connectivity index (χ2v) is 6.06. The lowest BCUT2D eigenvalue weighted by Gasteiger charge is -2.36. The lowest BCUT2D eigenvalue weighted by Crippen LogP contribution is -2.52. The van der Waals surface area contributed by atoms with E-state index in [2.05, 4.69) is 9.88 Å². The second-order valence-electron chi connectivity index (χ2n) is 6.06. The number of aliphatic carboxylic acids is 1. The van der Waals surface area contributed by atoms with Crippen LogP contribution in [0.2, 0.25) is 0 Å². The molecule has 1 atom stereocenters. The fraction of sp³-hybridized carbons (Fsp3) is 0.444. The van der Waals surface area contributed by atoms with E-state index in [9.17, 15) is 9.90 Å². The van der Waals surface area contributed by atoms with Gasteiger partial charge >= 0.3 is 5.97 Å². The van der Waals surface area contributed by atoms with Gasteiger partial charge < -0.3 is 9.52 Å². The van der Waals surface area contributed by atoms with Crippen molar-refractivity contribution in [1.29, 1.82) is 0 Å². The minimum absolute atomic E-state index is 0.376. The van der Waals surface area contributed by atoms with Gasteiger partial charge in [-0.3, -0.25) is 14.6 Å². The van der Waals surface area contributed by atoms with Crippen molar-refractivity contribution in [1.82, 2.24) is 14.8 Å². The van der Waals surface area contributed by atoms with Crippen LogP contribution in [0.3, 0.4) is 0 Å². The molecule has 0 aliphatic carbocycles. The summed E-state index contributed by atoms with van der Waals surface area (Å²) < 4.78 is 5.85. The molecule has 24 heavy (non-hydrogen) atoms. The van der Waals surface area contributed by atoms with Gasteiger partial charge in [0.2, 0.25) is 5.89 Å². The third kappa shape index (κ3) is 3.83. The molecule has 2 heterocycles. The van der Waals surface area contributed by atoms with E-state index in [1.165, 1.54) is 0 Å². The van der Waals surface area contributed by atoms with Gasteiger partial charge in [0.25, 0.3) is 0 Å². The highest BCUT2D eigenvalue weighted by Crippen LogP contribution is 2.21. The van der Waals surface area contributed by atoms with Crippen LogP contribution in [-0.2, 0) is 11.3 Å². The average molecular weight is 329 g/mol. The number of hydrogen-bond donors (Lipinski definition) is 1. The maximum Gasteiger partial charge on any atom is 0.320 e. The van der Waals surface area contributed by atoms with Gasteiger partial charge in [-0.15, -0.1) is 0 Å². The van der Waals surface area contributed by atoms with Crippen LogP contribution in [0.5, 0.6) is 0 Å². The fourth-order valence-electron chi connectivity index (χ4n) is 3.13. The molecule has 0 amide bonds. The number of hydrogen-bond acceptors (Lipinski definition) is 5. The molecule has 1 aliphatic heterocycles. The molecule has 6 nitrogen and oxygen atoms in total. The van der Waals surface area contributed by atoms with E-state index >= 15 is 0 Å². The van der Waals surface area contributed by atoms with E-state index < -0.39 is 5.97 Å². The van der Waals surface area contributed by atoms with Crippen LogP contribution in [0.4, 0.5) is 0 Å². The molecule has 1 N–H and O–H groups in total. The van der Waals surface area contributed by atoms with Gasteiger partial charge in [0.05, 0.1) is 12.7 Å². The first-order valence-electron chi connectivity index (χ1n) is 8.36. The molecule has 3 rings (SSSR count). The molecule has 1 saturated heterocycles. The monoisotopic (exact) mass is 329 g/mol. The zero-order chi connectivity index (χ0) is 16.9. The van der Waals surface area contributed by atoms with Crippen LogP contribution in [0.25, 0.3) is 11.3 Å². The first kappa shape index (κ1) is 16.7. The summed E-state index contributed by atoms with van der Waals surface area (Å²) in [6.07, 6.45) is 2.40. The van der Waals surface area contributed by atoms with Gasteiger partial charge in [-0.2, -0.15) is 0 Å². The molecule has 1 aliphatic rings. The normalized spacial score (nSPS) is 17.7. The van der Waals surface area contributed by atoms with E-state index in [1.54, 1.807) is 6.20 Å². The molecule has 0 spiro atoms. The smallest absolute Gasteiger partial charge is 0.320 e. The van der Waals surface area contributed by atoms with E-state index in [0.717, 1.165) is 37.5 Å². The Morgan fingerprint density at radius 2 is 1.96 bits per heavy atom. The Labute approximate surface area is 141 Å². The third-order valence-electron chi connectivity index (χ3n) is 4.49. The zero-order valence-electron chi connectivity index (χ0n) is 13.9. The average Bonchev–Trinajstić information content (AvgIpc) is 3.06. The number of piperazine rings is 1. The SMILES string of the molecule is CC[C@H](C(=O)O)N1CCN(Cc2ncc(-c3ccccc3)o2)CC1. The molecule has 0 unspecified atom stereocenters. The van der Waals surface area contributed by atoms with Crippen LogP contribution >= 0.6 is 0 Å². The summed E-state index contributed by atoms with van der Waals surface area (Å²) >= 11 is 0. The number of carboxylic acid groups (broad SMARTS) is 1. The highest BCUT2D eigenvalue weighted by molar-refractivity contribution is 5.73. The molecule has 1 aromatic heterocycles. The summed E-state index contributed by atoms with van der Waals surface area (Å²) in [6.45, 7) is 5.75. The minimum atomic E-state index is -0.730. The van der Waals surface area contributed by atoms with Gasteiger partial charge in [0, 0.05) is 31.7 Å². The van der Waals surface area contributed by atoms with E-state index in [-0.39, 0.29) is 6.04 Å². The Bertz CT molecular complexity index is 663. The summed E-state index contributed by atoms with van der Waals surface area (Å²) in [5.41, 5.74) is 1.02. The standard InChI is InChI=1S/C18H23N3O3/c1-2-15(18(22)23)21-10-8-20(9-11-21)13-17-19-12-16(24-17)14-6-4-3-5-7-14/h3-7,12,15H,2,8-11,13H2,1H3,(H,22,23)/t15-/m1/s1. The maximum absolute atomic E-state index is 11.3. The van der Waals surface area contributed by atoms with Crippen molar-refractivity contribution in [3.8, 4) is 11.3 Å². The molecule has 0 saturated carbocycles. The molecule has 0 radical (unpaired) electrons. The van der Waals surface area contributed by atoms with Crippen molar-refractivity contribution in [3.63, 3.8) is 0 Å². The number of oxazole rings is 1. The van der Waals surface area contributed by atoms with Crippen LogP contribution in [0, 0.1) is 0 Å². The van der Waals surface area contributed by atoms with Gasteiger partial charge in [0.15, 0.2) is 5.76 Å². The molecule has 128 valence electrons. The molecule has 2 aromatic rings. The second kappa shape index (κ2) is 7.59. The van der Waals surface area contributed by atoms with Gasteiger partial charge in [-0.25, -0.2) is 4.98 Å². The van der Waals surface area contributed by atoms with E-state index in [0.29, 0.717) is 18.9 Å². The van der Waals surface area contributed by atoms with Crippen LogP contribution in [-0.4, -0.2) is 58.1 Å². The molecule has 1 aromatic carbocycles. The van der Waals surface area contributed by atoms with Crippen molar-refractivity contribution < 1.29 is 14.3 Å².